The second-order valence-corrected chi connectivity index (χ2v) is 7.97. The fraction of sp³-hybridized carbons (Fsp3) is 0. The van der Waals surface area contributed by atoms with E-state index in [2.05, 4.69) is 45.8 Å². The standard InChI is InChI=1S/C24H20N2S2/c25-21-9-3-17(4-10-21)1-7-19-13-27-15-23(19)24-16-28-14-20(24)8-2-18-5-11-22(26)12-6-18/h1-16H,25-26H2. The molecule has 0 spiro atoms. The molecule has 0 saturated heterocycles. The number of hydrogen-bond acceptors (Lipinski definition) is 4. The van der Waals surface area contributed by atoms with Gasteiger partial charge >= 0.3 is 0 Å². The average molecular weight is 401 g/mol. The summed E-state index contributed by atoms with van der Waals surface area (Å²) in [5.41, 5.74) is 20.3. The van der Waals surface area contributed by atoms with E-state index in [1.165, 1.54) is 22.3 Å². The van der Waals surface area contributed by atoms with Crippen LogP contribution in [0.15, 0.2) is 70.1 Å². The van der Waals surface area contributed by atoms with Crippen LogP contribution in [0, 0.1) is 0 Å². The molecule has 138 valence electrons. The predicted octanol–water partition coefficient (Wildman–Crippen LogP) is 6.98. The molecule has 4 rings (SSSR count). The van der Waals surface area contributed by atoms with Gasteiger partial charge in [-0.2, -0.15) is 22.7 Å². The Labute approximate surface area is 173 Å². The van der Waals surface area contributed by atoms with Gasteiger partial charge in [0.1, 0.15) is 0 Å². The van der Waals surface area contributed by atoms with Crippen molar-refractivity contribution in [3.8, 4) is 11.1 Å². The second-order valence-electron chi connectivity index (χ2n) is 6.48. The number of benzene rings is 2. The third kappa shape index (κ3) is 4.25. The van der Waals surface area contributed by atoms with E-state index in [4.69, 9.17) is 11.5 Å². The van der Waals surface area contributed by atoms with E-state index in [1.807, 2.05) is 48.5 Å². The highest BCUT2D eigenvalue weighted by molar-refractivity contribution is 7.09. The van der Waals surface area contributed by atoms with Crippen molar-refractivity contribution in [2.45, 2.75) is 0 Å². The first-order valence-electron chi connectivity index (χ1n) is 8.89. The molecular formula is C24H20N2S2. The van der Waals surface area contributed by atoms with Crippen LogP contribution in [0.4, 0.5) is 11.4 Å². The molecule has 0 unspecified atom stereocenters. The summed E-state index contributed by atoms with van der Waals surface area (Å²) < 4.78 is 0. The van der Waals surface area contributed by atoms with Crippen molar-refractivity contribution in [1.29, 1.82) is 0 Å². The lowest BCUT2D eigenvalue weighted by atomic mass is 10.0. The number of nitrogens with two attached hydrogens (primary N) is 2. The predicted molar refractivity (Wildman–Crippen MR) is 127 cm³/mol. The molecule has 0 fully saturated rings. The summed E-state index contributed by atoms with van der Waals surface area (Å²) in [7, 11) is 0. The highest BCUT2D eigenvalue weighted by Gasteiger charge is 2.09. The molecule has 4 N–H and O–H groups in total. The molecule has 28 heavy (non-hydrogen) atoms. The van der Waals surface area contributed by atoms with Crippen molar-refractivity contribution < 1.29 is 0 Å². The topological polar surface area (TPSA) is 52.0 Å². The number of rotatable bonds is 5. The summed E-state index contributed by atoms with van der Waals surface area (Å²) in [4.78, 5) is 0. The summed E-state index contributed by atoms with van der Waals surface area (Å²) >= 11 is 3.44. The van der Waals surface area contributed by atoms with Gasteiger partial charge in [-0.05, 0) is 68.0 Å². The summed E-state index contributed by atoms with van der Waals surface area (Å²) in [5.74, 6) is 0. The first-order chi connectivity index (χ1) is 13.7. The molecule has 0 aliphatic heterocycles. The smallest absolute Gasteiger partial charge is 0.0314 e. The van der Waals surface area contributed by atoms with Crippen molar-refractivity contribution in [1.82, 2.24) is 0 Å². The molecule has 4 aromatic rings. The van der Waals surface area contributed by atoms with E-state index in [-0.39, 0.29) is 0 Å². The quantitative estimate of drug-likeness (QED) is 0.355. The molecule has 0 aliphatic rings. The lowest BCUT2D eigenvalue weighted by Crippen LogP contribution is -1.83. The van der Waals surface area contributed by atoms with E-state index in [9.17, 15) is 0 Å². The molecule has 0 saturated carbocycles. The van der Waals surface area contributed by atoms with Gasteiger partial charge in [0.05, 0.1) is 0 Å². The van der Waals surface area contributed by atoms with Crippen molar-refractivity contribution >= 4 is 58.4 Å². The Morgan fingerprint density at radius 2 is 0.893 bits per heavy atom. The van der Waals surface area contributed by atoms with Crippen molar-refractivity contribution in [2.75, 3.05) is 11.5 Å². The van der Waals surface area contributed by atoms with Crippen molar-refractivity contribution in [3.63, 3.8) is 0 Å². The maximum absolute atomic E-state index is 5.77. The third-order valence-electron chi connectivity index (χ3n) is 4.46. The first kappa shape index (κ1) is 18.3. The first-order valence-corrected chi connectivity index (χ1v) is 10.8. The number of hydrogen-bond donors (Lipinski definition) is 2. The van der Waals surface area contributed by atoms with Gasteiger partial charge in [-0.15, -0.1) is 0 Å². The van der Waals surface area contributed by atoms with Crippen LogP contribution in [0.5, 0.6) is 0 Å². The Morgan fingerprint density at radius 1 is 0.500 bits per heavy atom. The van der Waals surface area contributed by atoms with E-state index in [0.717, 1.165) is 22.5 Å². The molecule has 2 aromatic carbocycles. The molecule has 2 heterocycles. The van der Waals surface area contributed by atoms with Gasteiger partial charge in [0, 0.05) is 22.5 Å². The van der Waals surface area contributed by atoms with Crippen LogP contribution in [0.25, 0.3) is 35.4 Å². The zero-order chi connectivity index (χ0) is 19.3. The van der Waals surface area contributed by atoms with Crippen LogP contribution in [0.2, 0.25) is 0 Å². The van der Waals surface area contributed by atoms with E-state index in [1.54, 1.807) is 22.7 Å². The van der Waals surface area contributed by atoms with Gasteiger partial charge in [0.2, 0.25) is 0 Å². The molecular weight excluding hydrogens is 380 g/mol. The molecule has 0 atom stereocenters. The Kier molecular flexibility index (Phi) is 5.42. The molecule has 2 nitrogen and oxygen atoms in total. The van der Waals surface area contributed by atoms with E-state index < -0.39 is 0 Å². The number of nitrogen functional groups attached to an aromatic ring is 2. The fourth-order valence-corrected chi connectivity index (χ4v) is 4.53. The van der Waals surface area contributed by atoms with Gasteiger partial charge in [-0.25, -0.2) is 0 Å². The maximum atomic E-state index is 5.77. The molecule has 4 heteroatoms. The highest BCUT2D eigenvalue weighted by Crippen LogP contribution is 2.34. The zero-order valence-electron chi connectivity index (χ0n) is 15.2. The van der Waals surface area contributed by atoms with Gasteiger partial charge in [0.15, 0.2) is 0 Å². The minimum Gasteiger partial charge on any atom is -0.399 e. The van der Waals surface area contributed by atoms with Crippen LogP contribution < -0.4 is 11.5 Å². The SMILES string of the molecule is Nc1ccc(C=Cc2cscc2-c2cscc2C=Cc2ccc(N)cc2)cc1. The number of thiophene rings is 2. The van der Waals surface area contributed by atoms with Gasteiger partial charge in [0.25, 0.3) is 0 Å². The minimum absolute atomic E-state index is 0.782. The zero-order valence-corrected chi connectivity index (χ0v) is 16.8. The van der Waals surface area contributed by atoms with Gasteiger partial charge in [-0.1, -0.05) is 48.6 Å². The van der Waals surface area contributed by atoms with Crippen LogP contribution >= 0.6 is 22.7 Å². The normalized spacial score (nSPS) is 11.6. The van der Waals surface area contributed by atoms with Gasteiger partial charge in [-0.3, -0.25) is 0 Å². The largest absolute Gasteiger partial charge is 0.399 e. The maximum Gasteiger partial charge on any atom is 0.0314 e. The van der Waals surface area contributed by atoms with E-state index in [0.29, 0.717) is 0 Å². The molecule has 0 aliphatic carbocycles. The van der Waals surface area contributed by atoms with Crippen molar-refractivity contribution in [3.05, 3.63) is 92.3 Å². The molecule has 0 radical (unpaired) electrons. The van der Waals surface area contributed by atoms with Crippen molar-refractivity contribution in [2.24, 2.45) is 0 Å². The van der Waals surface area contributed by atoms with Crippen LogP contribution in [0.1, 0.15) is 22.3 Å². The minimum atomic E-state index is 0.782. The summed E-state index contributed by atoms with van der Waals surface area (Å²) in [5, 5.41) is 8.80. The molecule has 0 bridgehead atoms. The fourth-order valence-electron chi connectivity index (χ4n) is 2.90. The summed E-state index contributed by atoms with van der Waals surface area (Å²) in [6, 6.07) is 15.8. The molecule has 2 aromatic heterocycles. The lowest BCUT2D eigenvalue weighted by molar-refractivity contribution is 1.64. The summed E-state index contributed by atoms with van der Waals surface area (Å²) in [6.45, 7) is 0. The third-order valence-corrected chi connectivity index (χ3v) is 5.98. The monoisotopic (exact) mass is 400 g/mol. The Morgan fingerprint density at radius 3 is 1.29 bits per heavy atom. The average Bonchev–Trinajstić information content (AvgIpc) is 3.36. The van der Waals surface area contributed by atoms with Crippen LogP contribution in [0.3, 0.4) is 0 Å². The molecule has 0 amide bonds. The Balaban J connectivity index is 1.59. The van der Waals surface area contributed by atoms with E-state index >= 15 is 0 Å². The Bertz CT molecular complexity index is 1020. The van der Waals surface area contributed by atoms with Crippen LogP contribution in [-0.2, 0) is 0 Å². The lowest BCUT2D eigenvalue weighted by Gasteiger charge is -2.01. The number of anilines is 2. The summed E-state index contributed by atoms with van der Waals surface area (Å²) in [6.07, 6.45) is 8.59. The highest BCUT2D eigenvalue weighted by atomic mass is 32.1. The van der Waals surface area contributed by atoms with Gasteiger partial charge < -0.3 is 11.5 Å². The second kappa shape index (κ2) is 8.30. The Hall–Kier alpha value is -3.08. The van der Waals surface area contributed by atoms with Crippen LogP contribution in [-0.4, -0.2) is 0 Å².